The zero-order valence-corrected chi connectivity index (χ0v) is 15.8. The summed E-state index contributed by atoms with van der Waals surface area (Å²) in [5.74, 6) is 0.151. The summed E-state index contributed by atoms with van der Waals surface area (Å²) in [6.07, 6.45) is 2.40. The SMILES string of the molecule is CCc1ccc(Nc2ccc(NS(=O)(=O)c3ccc(F)c(C)c3)cn2)cc1. The summed E-state index contributed by atoms with van der Waals surface area (Å²) >= 11 is 0. The molecule has 0 aliphatic rings. The second-order valence-electron chi connectivity index (χ2n) is 6.12. The molecular formula is C20H20FN3O2S. The number of aryl methyl sites for hydroxylation is 2. The number of pyridine rings is 1. The Morgan fingerprint density at radius 1 is 1.00 bits per heavy atom. The molecule has 140 valence electrons. The van der Waals surface area contributed by atoms with Gasteiger partial charge in [0.25, 0.3) is 10.0 Å². The minimum atomic E-state index is -3.81. The molecule has 1 aromatic heterocycles. The molecule has 0 fully saturated rings. The van der Waals surface area contributed by atoms with Crippen LogP contribution in [0.4, 0.5) is 21.6 Å². The van der Waals surface area contributed by atoms with E-state index in [0.717, 1.165) is 18.2 Å². The number of sulfonamides is 1. The largest absolute Gasteiger partial charge is 0.340 e. The van der Waals surface area contributed by atoms with E-state index in [0.29, 0.717) is 11.5 Å². The van der Waals surface area contributed by atoms with Gasteiger partial charge in [0.15, 0.2) is 0 Å². The normalized spacial score (nSPS) is 11.2. The molecule has 0 amide bonds. The smallest absolute Gasteiger partial charge is 0.261 e. The Balaban J connectivity index is 1.71. The second-order valence-corrected chi connectivity index (χ2v) is 7.81. The van der Waals surface area contributed by atoms with Crippen LogP contribution in [0, 0.1) is 12.7 Å². The standard InChI is InChI=1S/C20H20FN3O2S/c1-3-15-4-6-16(7-5-15)23-20-11-8-17(13-22-20)24-27(25,26)18-9-10-19(21)14(2)12-18/h4-13,24H,3H2,1-2H3,(H,22,23). The first-order valence-electron chi connectivity index (χ1n) is 8.48. The van der Waals surface area contributed by atoms with Gasteiger partial charge in [0.2, 0.25) is 0 Å². The Hall–Kier alpha value is -2.93. The van der Waals surface area contributed by atoms with Crippen molar-refractivity contribution in [2.45, 2.75) is 25.2 Å². The predicted molar refractivity (Wildman–Crippen MR) is 105 cm³/mol. The van der Waals surface area contributed by atoms with Gasteiger partial charge in [-0.05, 0) is 66.9 Å². The van der Waals surface area contributed by atoms with Crippen LogP contribution >= 0.6 is 0 Å². The Morgan fingerprint density at radius 3 is 2.30 bits per heavy atom. The Morgan fingerprint density at radius 2 is 1.70 bits per heavy atom. The summed E-state index contributed by atoms with van der Waals surface area (Å²) < 4.78 is 40.6. The van der Waals surface area contributed by atoms with Crippen LogP contribution in [0.3, 0.4) is 0 Å². The van der Waals surface area contributed by atoms with Gasteiger partial charge in [-0.3, -0.25) is 4.72 Å². The van der Waals surface area contributed by atoms with E-state index >= 15 is 0 Å². The van der Waals surface area contributed by atoms with Crippen LogP contribution in [0.1, 0.15) is 18.1 Å². The molecule has 0 spiro atoms. The molecule has 1 heterocycles. The molecule has 0 aliphatic heterocycles. The maximum Gasteiger partial charge on any atom is 0.261 e. The number of rotatable bonds is 6. The van der Waals surface area contributed by atoms with E-state index in [1.54, 1.807) is 12.1 Å². The molecule has 0 radical (unpaired) electrons. The van der Waals surface area contributed by atoms with Crippen LogP contribution in [0.15, 0.2) is 65.7 Å². The summed E-state index contributed by atoms with van der Waals surface area (Å²) in [5.41, 5.74) is 2.73. The number of anilines is 3. The second kappa shape index (κ2) is 7.75. The molecule has 0 atom stereocenters. The summed E-state index contributed by atoms with van der Waals surface area (Å²) in [7, 11) is -3.81. The van der Waals surface area contributed by atoms with Crippen molar-refractivity contribution in [1.82, 2.24) is 4.98 Å². The quantitative estimate of drug-likeness (QED) is 0.649. The van der Waals surface area contributed by atoms with Gasteiger partial charge < -0.3 is 5.32 Å². The molecule has 3 aromatic rings. The van der Waals surface area contributed by atoms with Crippen LogP contribution < -0.4 is 10.0 Å². The predicted octanol–water partition coefficient (Wildman–Crippen LogP) is 4.64. The lowest BCUT2D eigenvalue weighted by Gasteiger charge is -2.10. The third-order valence-corrected chi connectivity index (χ3v) is 5.47. The summed E-state index contributed by atoms with van der Waals surface area (Å²) in [4.78, 5) is 4.23. The number of hydrogen-bond donors (Lipinski definition) is 2. The van der Waals surface area contributed by atoms with Crippen LogP contribution in [-0.2, 0) is 16.4 Å². The average molecular weight is 385 g/mol. The molecule has 7 heteroatoms. The zero-order chi connectivity index (χ0) is 19.4. The first-order chi connectivity index (χ1) is 12.9. The van der Waals surface area contributed by atoms with Crippen molar-refractivity contribution in [2.24, 2.45) is 0 Å². The van der Waals surface area contributed by atoms with Crippen LogP contribution in [0.2, 0.25) is 0 Å². The van der Waals surface area contributed by atoms with Gasteiger partial charge in [-0.2, -0.15) is 0 Å². The number of hydrogen-bond acceptors (Lipinski definition) is 4. The fourth-order valence-electron chi connectivity index (χ4n) is 2.50. The van der Waals surface area contributed by atoms with Gasteiger partial charge in [-0.1, -0.05) is 19.1 Å². The lowest BCUT2D eigenvalue weighted by molar-refractivity contribution is 0.598. The van der Waals surface area contributed by atoms with Crippen molar-refractivity contribution in [3.05, 3.63) is 77.7 Å². The summed E-state index contributed by atoms with van der Waals surface area (Å²) in [6.45, 7) is 3.61. The highest BCUT2D eigenvalue weighted by atomic mass is 32.2. The van der Waals surface area contributed by atoms with Crippen LogP contribution in [0.25, 0.3) is 0 Å². The molecule has 0 saturated heterocycles. The van der Waals surface area contributed by atoms with Gasteiger partial charge in [0.05, 0.1) is 16.8 Å². The van der Waals surface area contributed by atoms with Crippen molar-refractivity contribution in [3.63, 3.8) is 0 Å². The maximum atomic E-state index is 13.3. The first-order valence-corrected chi connectivity index (χ1v) is 9.96. The third-order valence-electron chi connectivity index (χ3n) is 4.09. The van der Waals surface area contributed by atoms with Gasteiger partial charge in [0.1, 0.15) is 11.6 Å². The molecule has 2 N–H and O–H groups in total. The monoisotopic (exact) mass is 385 g/mol. The fourth-order valence-corrected chi connectivity index (χ4v) is 3.63. The van der Waals surface area contributed by atoms with Crippen molar-refractivity contribution < 1.29 is 12.8 Å². The molecule has 0 aliphatic carbocycles. The van der Waals surface area contributed by atoms with Gasteiger partial charge in [-0.15, -0.1) is 0 Å². The highest BCUT2D eigenvalue weighted by Gasteiger charge is 2.15. The third kappa shape index (κ3) is 4.62. The molecule has 0 saturated carbocycles. The van der Waals surface area contributed by atoms with Gasteiger partial charge in [0, 0.05) is 5.69 Å². The van der Waals surface area contributed by atoms with Crippen molar-refractivity contribution in [2.75, 3.05) is 10.0 Å². The highest BCUT2D eigenvalue weighted by molar-refractivity contribution is 7.92. The maximum absolute atomic E-state index is 13.3. The van der Waals surface area contributed by atoms with Crippen molar-refractivity contribution in [3.8, 4) is 0 Å². The Bertz CT molecular complexity index is 1030. The van der Waals surface area contributed by atoms with E-state index < -0.39 is 15.8 Å². The number of nitrogens with zero attached hydrogens (tertiary/aromatic N) is 1. The number of benzene rings is 2. The lowest BCUT2D eigenvalue weighted by Crippen LogP contribution is -2.13. The van der Waals surface area contributed by atoms with E-state index in [4.69, 9.17) is 0 Å². The van der Waals surface area contributed by atoms with E-state index in [1.807, 2.05) is 24.3 Å². The van der Waals surface area contributed by atoms with E-state index in [-0.39, 0.29) is 10.5 Å². The first kappa shape index (κ1) is 18.8. The van der Waals surface area contributed by atoms with Crippen LogP contribution in [-0.4, -0.2) is 13.4 Å². The number of nitrogens with one attached hydrogen (secondary N) is 2. The van der Waals surface area contributed by atoms with Crippen molar-refractivity contribution in [1.29, 1.82) is 0 Å². The Labute approximate surface area is 158 Å². The topological polar surface area (TPSA) is 71.1 Å². The lowest BCUT2D eigenvalue weighted by atomic mass is 10.1. The van der Waals surface area contributed by atoms with Crippen LogP contribution in [0.5, 0.6) is 0 Å². The minimum absolute atomic E-state index is 0.000356. The zero-order valence-electron chi connectivity index (χ0n) is 15.0. The molecule has 2 aromatic carbocycles. The summed E-state index contributed by atoms with van der Waals surface area (Å²) in [6, 6.07) is 15.0. The summed E-state index contributed by atoms with van der Waals surface area (Å²) in [5, 5.41) is 3.16. The van der Waals surface area contributed by atoms with E-state index in [1.165, 1.54) is 30.8 Å². The molecule has 27 heavy (non-hydrogen) atoms. The van der Waals surface area contributed by atoms with Gasteiger partial charge >= 0.3 is 0 Å². The van der Waals surface area contributed by atoms with E-state index in [2.05, 4.69) is 21.9 Å². The van der Waals surface area contributed by atoms with Gasteiger partial charge in [-0.25, -0.2) is 17.8 Å². The number of halogens is 1. The molecule has 5 nitrogen and oxygen atoms in total. The minimum Gasteiger partial charge on any atom is -0.340 e. The molecule has 3 rings (SSSR count). The van der Waals surface area contributed by atoms with E-state index in [9.17, 15) is 12.8 Å². The Kier molecular flexibility index (Phi) is 5.41. The number of aromatic nitrogens is 1. The molecular weight excluding hydrogens is 365 g/mol. The van der Waals surface area contributed by atoms with Crippen molar-refractivity contribution >= 4 is 27.2 Å². The average Bonchev–Trinajstić information content (AvgIpc) is 2.66. The molecule has 0 unspecified atom stereocenters. The molecule has 0 bridgehead atoms. The highest BCUT2D eigenvalue weighted by Crippen LogP contribution is 2.20. The fraction of sp³-hybridized carbons (Fsp3) is 0.150.